The fourth-order valence-corrected chi connectivity index (χ4v) is 2.28. The lowest BCUT2D eigenvalue weighted by Gasteiger charge is -2.03. The highest BCUT2D eigenvalue weighted by Gasteiger charge is 2.01. The molecule has 0 radical (unpaired) electrons. The van der Waals surface area contributed by atoms with Gasteiger partial charge in [0.05, 0.1) is 13.2 Å². The van der Waals surface area contributed by atoms with E-state index in [1.807, 2.05) is 0 Å². The first kappa shape index (κ1) is 27.6. The summed E-state index contributed by atoms with van der Waals surface area (Å²) in [4.78, 5) is 21.6. The van der Waals surface area contributed by atoms with Gasteiger partial charge in [0.25, 0.3) is 0 Å². The van der Waals surface area contributed by atoms with E-state index in [9.17, 15) is 9.59 Å². The van der Waals surface area contributed by atoms with E-state index >= 15 is 0 Å². The molecule has 0 N–H and O–H groups in total. The van der Waals surface area contributed by atoms with Crippen LogP contribution in [0.1, 0.15) is 97.8 Å². The van der Waals surface area contributed by atoms with E-state index in [1.54, 1.807) is 6.92 Å². The maximum absolute atomic E-state index is 11.0. The van der Waals surface area contributed by atoms with Gasteiger partial charge >= 0.3 is 11.9 Å². The molecule has 0 unspecified atom stereocenters. The van der Waals surface area contributed by atoms with Crippen LogP contribution in [0.2, 0.25) is 0 Å². The summed E-state index contributed by atoms with van der Waals surface area (Å²) in [6, 6.07) is 0. The summed E-state index contributed by atoms with van der Waals surface area (Å²) in [6.07, 6.45) is 15.7. The van der Waals surface area contributed by atoms with E-state index in [4.69, 9.17) is 9.47 Å². The Morgan fingerprint density at radius 1 is 0.741 bits per heavy atom. The van der Waals surface area contributed by atoms with Gasteiger partial charge in [0.2, 0.25) is 0 Å². The standard InChI is InChI=1S/C12H22O2.C11H20O2/c1-4-5-6-7-8-9-10-14-12(13)11(2)3;1-3-5-6-7-8-9-10-13-11(12)4-2/h2,4-10H2,1,3H3;4H,2-3,5-10H2,1H3. The van der Waals surface area contributed by atoms with E-state index in [-0.39, 0.29) is 11.9 Å². The monoisotopic (exact) mass is 382 g/mol. The molecule has 0 aliphatic rings. The Bertz CT molecular complexity index is 388. The van der Waals surface area contributed by atoms with Gasteiger partial charge in [0.1, 0.15) is 0 Å². The summed E-state index contributed by atoms with van der Waals surface area (Å²) in [5.74, 6) is -0.577. The second-order valence-electron chi connectivity index (χ2n) is 6.82. The normalized spacial score (nSPS) is 9.74. The molecule has 158 valence electrons. The van der Waals surface area contributed by atoms with Gasteiger partial charge in [-0.25, -0.2) is 9.59 Å². The number of carbonyl (C=O) groups excluding carboxylic acids is 2. The number of rotatable bonds is 16. The Labute approximate surface area is 167 Å². The van der Waals surface area contributed by atoms with Gasteiger partial charge in [-0.05, 0) is 19.8 Å². The van der Waals surface area contributed by atoms with Crippen LogP contribution in [0.5, 0.6) is 0 Å². The molecule has 0 aromatic carbocycles. The van der Waals surface area contributed by atoms with Gasteiger partial charge in [0.15, 0.2) is 0 Å². The van der Waals surface area contributed by atoms with E-state index in [0.29, 0.717) is 18.8 Å². The number of ether oxygens (including phenoxy) is 2. The van der Waals surface area contributed by atoms with Gasteiger partial charge in [-0.15, -0.1) is 0 Å². The number of unbranched alkanes of at least 4 members (excludes halogenated alkanes) is 10. The van der Waals surface area contributed by atoms with Crippen LogP contribution in [-0.4, -0.2) is 25.2 Å². The lowest BCUT2D eigenvalue weighted by Crippen LogP contribution is -2.05. The van der Waals surface area contributed by atoms with Gasteiger partial charge in [-0.2, -0.15) is 0 Å². The highest BCUT2D eigenvalue weighted by atomic mass is 16.5. The molecule has 0 saturated heterocycles. The maximum atomic E-state index is 11.0. The smallest absolute Gasteiger partial charge is 0.333 e. The first-order valence-corrected chi connectivity index (χ1v) is 10.6. The predicted octanol–water partition coefficient (Wildman–Crippen LogP) is 6.54. The molecule has 4 nitrogen and oxygen atoms in total. The minimum atomic E-state index is -0.312. The highest BCUT2D eigenvalue weighted by molar-refractivity contribution is 5.86. The van der Waals surface area contributed by atoms with Crippen molar-refractivity contribution in [2.24, 2.45) is 0 Å². The minimum Gasteiger partial charge on any atom is -0.463 e. The number of hydrogen-bond acceptors (Lipinski definition) is 4. The Balaban J connectivity index is 0. The first-order valence-electron chi connectivity index (χ1n) is 10.6. The minimum absolute atomic E-state index is 0.265. The maximum Gasteiger partial charge on any atom is 0.333 e. The van der Waals surface area contributed by atoms with E-state index in [1.165, 1.54) is 57.4 Å². The van der Waals surface area contributed by atoms with Crippen molar-refractivity contribution < 1.29 is 19.1 Å². The molecule has 0 bridgehead atoms. The van der Waals surface area contributed by atoms with Crippen molar-refractivity contribution in [3.8, 4) is 0 Å². The quantitative estimate of drug-likeness (QED) is 0.173. The SMILES string of the molecule is C=C(C)C(=O)OCCCCCCCC.C=CC(=O)OCCCCCCCC. The van der Waals surface area contributed by atoms with Crippen molar-refractivity contribution >= 4 is 11.9 Å². The van der Waals surface area contributed by atoms with Crippen LogP contribution in [0.25, 0.3) is 0 Å². The molecule has 0 saturated carbocycles. The average Bonchev–Trinajstić information content (AvgIpc) is 2.66. The first-order chi connectivity index (χ1) is 13.0. The van der Waals surface area contributed by atoms with Gasteiger partial charge in [0, 0.05) is 11.6 Å². The van der Waals surface area contributed by atoms with Gasteiger partial charge in [-0.1, -0.05) is 91.2 Å². The molecule has 0 heterocycles. The Kier molecular flexibility index (Phi) is 23.0. The molecule has 0 aromatic heterocycles. The van der Waals surface area contributed by atoms with E-state index < -0.39 is 0 Å². The fraction of sp³-hybridized carbons (Fsp3) is 0.739. The van der Waals surface area contributed by atoms with Crippen molar-refractivity contribution in [3.05, 3.63) is 24.8 Å². The molecule has 0 spiro atoms. The van der Waals surface area contributed by atoms with Crippen molar-refractivity contribution in [3.63, 3.8) is 0 Å². The summed E-state index contributed by atoms with van der Waals surface area (Å²) in [5.41, 5.74) is 0.482. The molecule has 0 aliphatic carbocycles. The Hall–Kier alpha value is -1.58. The molecule has 0 fully saturated rings. The second kappa shape index (κ2) is 22.5. The van der Waals surface area contributed by atoms with Crippen molar-refractivity contribution in [2.75, 3.05) is 13.2 Å². The third kappa shape index (κ3) is 24.4. The molecule has 0 atom stereocenters. The lowest BCUT2D eigenvalue weighted by atomic mass is 10.1. The average molecular weight is 383 g/mol. The van der Waals surface area contributed by atoms with Gasteiger partial charge < -0.3 is 9.47 Å². The molecule has 27 heavy (non-hydrogen) atoms. The van der Waals surface area contributed by atoms with Crippen LogP contribution in [0.4, 0.5) is 0 Å². The van der Waals surface area contributed by atoms with Crippen LogP contribution >= 0.6 is 0 Å². The van der Waals surface area contributed by atoms with Crippen LogP contribution in [0.3, 0.4) is 0 Å². The summed E-state index contributed by atoms with van der Waals surface area (Å²) >= 11 is 0. The number of esters is 2. The van der Waals surface area contributed by atoms with Crippen LogP contribution in [0.15, 0.2) is 24.8 Å². The highest BCUT2D eigenvalue weighted by Crippen LogP contribution is 2.06. The lowest BCUT2D eigenvalue weighted by molar-refractivity contribution is -0.139. The van der Waals surface area contributed by atoms with E-state index in [2.05, 4.69) is 27.0 Å². The second-order valence-corrected chi connectivity index (χ2v) is 6.82. The van der Waals surface area contributed by atoms with Gasteiger partial charge in [-0.3, -0.25) is 0 Å². The molecule has 0 aromatic rings. The molecule has 0 aliphatic heterocycles. The largest absolute Gasteiger partial charge is 0.463 e. The van der Waals surface area contributed by atoms with Crippen LogP contribution < -0.4 is 0 Å². The summed E-state index contributed by atoms with van der Waals surface area (Å²) in [5, 5.41) is 0. The zero-order valence-electron chi connectivity index (χ0n) is 18.0. The van der Waals surface area contributed by atoms with Crippen LogP contribution in [0, 0.1) is 0 Å². The van der Waals surface area contributed by atoms with Crippen LogP contribution in [-0.2, 0) is 19.1 Å². The number of hydrogen-bond donors (Lipinski definition) is 0. The summed E-state index contributed by atoms with van der Waals surface area (Å²) in [7, 11) is 0. The third-order valence-corrected chi connectivity index (χ3v) is 3.99. The predicted molar refractivity (Wildman–Crippen MR) is 114 cm³/mol. The summed E-state index contributed by atoms with van der Waals surface area (Å²) < 4.78 is 9.81. The fourth-order valence-electron chi connectivity index (χ4n) is 2.28. The Morgan fingerprint density at radius 2 is 1.15 bits per heavy atom. The van der Waals surface area contributed by atoms with Crippen molar-refractivity contribution in [2.45, 2.75) is 97.8 Å². The van der Waals surface area contributed by atoms with E-state index in [0.717, 1.165) is 25.7 Å². The molecule has 4 heteroatoms. The Morgan fingerprint density at radius 3 is 1.56 bits per heavy atom. The molecule has 0 rings (SSSR count). The molecule has 0 amide bonds. The molecular formula is C23H42O4. The number of carbonyl (C=O) groups is 2. The van der Waals surface area contributed by atoms with Crippen molar-refractivity contribution in [1.82, 2.24) is 0 Å². The zero-order chi connectivity index (χ0) is 20.8. The molecular weight excluding hydrogens is 340 g/mol. The third-order valence-electron chi connectivity index (χ3n) is 3.99. The summed E-state index contributed by atoms with van der Waals surface area (Å²) in [6.45, 7) is 14.0. The van der Waals surface area contributed by atoms with Crippen molar-refractivity contribution in [1.29, 1.82) is 0 Å². The zero-order valence-corrected chi connectivity index (χ0v) is 18.0. The topological polar surface area (TPSA) is 52.6 Å².